The molecule has 1 atom stereocenters. The van der Waals surface area contributed by atoms with Crippen LogP contribution >= 0.6 is 0 Å². The number of benzene rings is 1. The molecule has 1 unspecified atom stereocenters. The number of hydrogen-bond acceptors (Lipinski definition) is 3. The second-order valence-corrected chi connectivity index (χ2v) is 4.48. The zero-order chi connectivity index (χ0) is 12.5. The second-order valence-electron chi connectivity index (χ2n) is 4.48. The first kappa shape index (κ1) is 11.0. The number of aryl methyl sites for hydroxylation is 1. The summed E-state index contributed by atoms with van der Waals surface area (Å²) in [5.74, 6) is 0.814. The summed E-state index contributed by atoms with van der Waals surface area (Å²) < 4.78 is 0. The SMILES string of the molecule is Cc1cccc2[nH]c(C(N)Cc3cnc[nH]3)nc12. The third-order valence-electron chi connectivity index (χ3n) is 3.08. The van der Waals surface area contributed by atoms with Gasteiger partial charge in [-0.2, -0.15) is 0 Å². The van der Waals surface area contributed by atoms with Crippen molar-refractivity contribution in [2.45, 2.75) is 19.4 Å². The first-order valence-electron chi connectivity index (χ1n) is 5.92. The highest BCUT2D eigenvalue weighted by molar-refractivity contribution is 5.78. The molecule has 2 aromatic heterocycles. The van der Waals surface area contributed by atoms with E-state index in [9.17, 15) is 0 Å². The number of imidazole rings is 2. The van der Waals surface area contributed by atoms with Gasteiger partial charge in [-0.3, -0.25) is 0 Å². The fourth-order valence-corrected chi connectivity index (χ4v) is 2.10. The van der Waals surface area contributed by atoms with Crippen molar-refractivity contribution in [1.82, 2.24) is 19.9 Å². The van der Waals surface area contributed by atoms with Crippen LogP contribution in [0.1, 0.15) is 23.1 Å². The number of H-pyrrole nitrogens is 2. The summed E-state index contributed by atoms with van der Waals surface area (Å²) in [4.78, 5) is 14.9. The van der Waals surface area contributed by atoms with E-state index in [0.717, 1.165) is 28.1 Å². The smallest absolute Gasteiger partial charge is 0.124 e. The summed E-state index contributed by atoms with van der Waals surface area (Å²) in [6.07, 6.45) is 4.14. The predicted octanol–water partition coefficient (Wildman–Crippen LogP) is 1.84. The third kappa shape index (κ3) is 1.89. The van der Waals surface area contributed by atoms with Crippen molar-refractivity contribution in [3.05, 3.63) is 47.8 Å². The Morgan fingerprint density at radius 2 is 2.28 bits per heavy atom. The number of para-hydroxylation sites is 1. The maximum Gasteiger partial charge on any atom is 0.124 e. The summed E-state index contributed by atoms with van der Waals surface area (Å²) in [5, 5.41) is 0. The first-order chi connectivity index (χ1) is 8.74. The van der Waals surface area contributed by atoms with Crippen molar-refractivity contribution in [2.24, 2.45) is 5.73 Å². The van der Waals surface area contributed by atoms with Crippen LogP contribution in [0.5, 0.6) is 0 Å². The maximum absolute atomic E-state index is 6.16. The fourth-order valence-electron chi connectivity index (χ4n) is 2.10. The number of nitrogens with two attached hydrogens (primary N) is 1. The van der Waals surface area contributed by atoms with E-state index in [1.54, 1.807) is 12.5 Å². The van der Waals surface area contributed by atoms with Gasteiger partial charge in [0.05, 0.1) is 23.4 Å². The Labute approximate surface area is 104 Å². The molecule has 92 valence electrons. The summed E-state index contributed by atoms with van der Waals surface area (Å²) in [6, 6.07) is 5.92. The monoisotopic (exact) mass is 241 g/mol. The lowest BCUT2D eigenvalue weighted by Gasteiger charge is -2.06. The minimum absolute atomic E-state index is 0.155. The summed E-state index contributed by atoms with van der Waals surface area (Å²) in [7, 11) is 0. The highest BCUT2D eigenvalue weighted by Crippen LogP contribution is 2.19. The van der Waals surface area contributed by atoms with E-state index >= 15 is 0 Å². The molecule has 4 N–H and O–H groups in total. The Balaban J connectivity index is 1.92. The highest BCUT2D eigenvalue weighted by atomic mass is 15.0. The van der Waals surface area contributed by atoms with Gasteiger partial charge in [0.25, 0.3) is 0 Å². The van der Waals surface area contributed by atoms with E-state index in [-0.39, 0.29) is 6.04 Å². The van der Waals surface area contributed by atoms with Gasteiger partial charge in [-0.25, -0.2) is 9.97 Å². The summed E-state index contributed by atoms with van der Waals surface area (Å²) in [5.41, 5.74) is 10.4. The van der Waals surface area contributed by atoms with E-state index in [2.05, 4.69) is 19.9 Å². The largest absolute Gasteiger partial charge is 0.348 e. The van der Waals surface area contributed by atoms with Crippen LogP contribution in [0.4, 0.5) is 0 Å². The van der Waals surface area contributed by atoms with Gasteiger partial charge in [-0.15, -0.1) is 0 Å². The van der Waals surface area contributed by atoms with Gasteiger partial charge in [-0.05, 0) is 18.6 Å². The molecule has 0 aliphatic carbocycles. The molecule has 18 heavy (non-hydrogen) atoms. The Kier molecular flexibility index (Phi) is 2.60. The van der Waals surface area contributed by atoms with Gasteiger partial charge in [0, 0.05) is 18.3 Å². The van der Waals surface area contributed by atoms with Crippen molar-refractivity contribution >= 4 is 11.0 Å². The first-order valence-corrected chi connectivity index (χ1v) is 5.92. The lowest BCUT2D eigenvalue weighted by Crippen LogP contribution is -2.15. The molecular weight excluding hydrogens is 226 g/mol. The molecule has 0 saturated heterocycles. The van der Waals surface area contributed by atoms with Gasteiger partial charge in [0.2, 0.25) is 0 Å². The van der Waals surface area contributed by atoms with Gasteiger partial charge in [0.1, 0.15) is 5.82 Å². The molecule has 0 bridgehead atoms. The zero-order valence-electron chi connectivity index (χ0n) is 10.1. The molecule has 5 nitrogen and oxygen atoms in total. The van der Waals surface area contributed by atoms with Gasteiger partial charge < -0.3 is 15.7 Å². The van der Waals surface area contributed by atoms with Crippen LogP contribution in [-0.2, 0) is 6.42 Å². The van der Waals surface area contributed by atoms with Crippen molar-refractivity contribution in [2.75, 3.05) is 0 Å². The number of aromatic amines is 2. The van der Waals surface area contributed by atoms with Crippen LogP contribution in [0.15, 0.2) is 30.7 Å². The molecule has 0 saturated carbocycles. The lowest BCUT2D eigenvalue weighted by atomic mass is 10.2. The Bertz CT molecular complexity index is 653. The zero-order valence-corrected chi connectivity index (χ0v) is 10.1. The Morgan fingerprint density at radius 1 is 1.39 bits per heavy atom. The molecule has 3 rings (SSSR count). The van der Waals surface area contributed by atoms with Crippen LogP contribution in [0.25, 0.3) is 11.0 Å². The average molecular weight is 241 g/mol. The quantitative estimate of drug-likeness (QED) is 0.654. The van der Waals surface area contributed by atoms with Crippen LogP contribution in [0, 0.1) is 6.92 Å². The predicted molar refractivity (Wildman–Crippen MR) is 70.1 cm³/mol. The molecular formula is C13H15N5. The number of fused-ring (bicyclic) bond motifs is 1. The van der Waals surface area contributed by atoms with E-state index in [0.29, 0.717) is 6.42 Å². The molecule has 0 spiro atoms. The lowest BCUT2D eigenvalue weighted by molar-refractivity contribution is 0.670. The van der Waals surface area contributed by atoms with E-state index in [4.69, 9.17) is 5.73 Å². The van der Waals surface area contributed by atoms with Crippen LogP contribution in [-0.4, -0.2) is 19.9 Å². The molecule has 0 fully saturated rings. The minimum atomic E-state index is -0.155. The van der Waals surface area contributed by atoms with E-state index in [1.807, 2.05) is 25.1 Å². The van der Waals surface area contributed by atoms with E-state index < -0.39 is 0 Å². The number of rotatable bonds is 3. The molecule has 0 radical (unpaired) electrons. The number of hydrogen-bond donors (Lipinski definition) is 3. The fraction of sp³-hybridized carbons (Fsp3) is 0.231. The van der Waals surface area contributed by atoms with Gasteiger partial charge in [-0.1, -0.05) is 12.1 Å². The molecule has 0 aliphatic heterocycles. The molecule has 1 aromatic carbocycles. The minimum Gasteiger partial charge on any atom is -0.348 e. The van der Waals surface area contributed by atoms with Crippen molar-refractivity contribution in [1.29, 1.82) is 0 Å². The number of aromatic nitrogens is 4. The molecule has 0 amide bonds. The topological polar surface area (TPSA) is 83.4 Å². The van der Waals surface area contributed by atoms with Crippen molar-refractivity contribution in [3.63, 3.8) is 0 Å². The standard InChI is InChI=1S/C13H15N5/c1-8-3-2-4-11-12(8)18-13(17-11)10(14)5-9-6-15-7-16-9/h2-4,6-7,10H,5,14H2,1H3,(H,15,16)(H,17,18). The number of nitrogens with zero attached hydrogens (tertiary/aromatic N) is 2. The van der Waals surface area contributed by atoms with Crippen LogP contribution in [0.3, 0.4) is 0 Å². The highest BCUT2D eigenvalue weighted by Gasteiger charge is 2.13. The molecule has 0 aliphatic rings. The van der Waals surface area contributed by atoms with Gasteiger partial charge >= 0.3 is 0 Å². The third-order valence-corrected chi connectivity index (χ3v) is 3.08. The van der Waals surface area contributed by atoms with Crippen molar-refractivity contribution in [3.8, 4) is 0 Å². The average Bonchev–Trinajstić information content (AvgIpc) is 2.97. The Hall–Kier alpha value is -2.14. The Morgan fingerprint density at radius 3 is 3.00 bits per heavy atom. The molecule has 5 heteroatoms. The molecule has 3 aromatic rings. The summed E-state index contributed by atoms with van der Waals surface area (Å²) in [6.45, 7) is 2.05. The van der Waals surface area contributed by atoms with Crippen LogP contribution in [0.2, 0.25) is 0 Å². The van der Waals surface area contributed by atoms with Crippen LogP contribution < -0.4 is 5.73 Å². The van der Waals surface area contributed by atoms with Crippen molar-refractivity contribution < 1.29 is 0 Å². The summed E-state index contributed by atoms with van der Waals surface area (Å²) >= 11 is 0. The number of nitrogens with one attached hydrogen (secondary N) is 2. The normalized spacial score (nSPS) is 13.0. The molecule has 2 heterocycles. The second kappa shape index (κ2) is 4.27. The van der Waals surface area contributed by atoms with Gasteiger partial charge in [0.15, 0.2) is 0 Å². The maximum atomic E-state index is 6.16. The van der Waals surface area contributed by atoms with E-state index in [1.165, 1.54) is 0 Å².